The lowest BCUT2D eigenvalue weighted by Gasteiger charge is -2.24. The van der Waals surface area contributed by atoms with Crippen LogP contribution in [0.2, 0.25) is 0 Å². The minimum Gasteiger partial charge on any atom is -0.387 e. The third-order valence-corrected chi connectivity index (χ3v) is 5.45. The summed E-state index contributed by atoms with van der Waals surface area (Å²) < 4.78 is 0. The molecule has 0 saturated carbocycles. The van der Waals surface area contributed by atoms with Gasteiger partial charge in [0.25, 0.3) is 0 Å². The Balaban J connectivity index is 2.08. The molecule has 0 unspecified atom stereocenters. The van der Waals surface area contributed by atoms with Crippen LogP contribution in [-0.2, 0) is 5.41 Å². The van der Waals surface area contributed by atoms with Gasteiger partial charge in [-0.1, -0.05) is 50.3 Å². The van der Waals surface area contributed by atoms with Crippen molar-refractivity contribution in [3.8, 4) is 11.1 Å². The third-order valence-electron chi connectivity index (χ3n) is 5.33. The van der Waals surface area contributed by atoms with Gasteiger partial charge < -0.3 is 20.4 Å². The van der Waals surface area contributed by atoms with Gasteiger partial charge in [0, 0.05) is 23.8 Å². The van der Waals surface area contributed by atoms with Crippen LogP contribution in [0.4, 0.5) is 5.69 Å². The monoisotopic (exact) mass is 382 g/mol. The van der Waals surface area contributed by atoms with Crippen LogP contribution in [0.25, 0.3) is 17.2 Å². The van der Waals surface area contributed by atoms with Crippen molar-refractivity contribution in [1.82, 2.24) is 5.32 Å². The average molecular weight is 383 g/mol. The number of aliphatic hydroxyl groups is 2. The Morgan fingerprint density at radius 3 is 2.41 bits per heavy atom. The largest absolute Gasteiger partial charge is 0.387 e. The molecule has 0 saturated heterocycles. The van der Waals surface area contributed by atoms with E-state index in [0.717, 1.165) is 11.3 Å². The molecular formula is C22H26N2O2S. The van der Waals surface area contributed by atoms with Crippen molar-refractivity contribution in [2.45, 2.75) is 32.3 Å². The first-order valence-corrected chi connectivity index (χ1v) is 9.48. The number of hydrogen-bond acceptors (Lipinski definition) is 4. The zero-order valence-electron chi connectivity index (χ0n) is 16.2. The molecular weight excluding hydrogens is 356 g/mol. The zero-order valence-corrected chi connectivity index (χ0v) is 17.0. The molecule has 1 aliphatic rings. The summed E-state index contributed by atoms with van der Waals surface area (Å²) in [6, 6.07) is 12.7. The van der Waals surface area contributed by atoms with Crippen LogP contribution in [0.3, 0.4) is 0 Å². The van der Waals surface area contributed by atoms with Gasteiger partial charge in [0.2, 0.25) is 0 Å². The fourth-order valence-corrected chi connectivity index (χ4v) is 3.82. The quantitative estimate of drug-likeness (QED) is 0.526. The molecule has 0 spiro atoms. The lowest BCUT2D eigenvalue weighted by molar-refractivity contribution is 0.228. The highest BCUT2D eigenvalue weighted by Crippen LogP contribution is 2.49. The Hall–Kier alpha value is -2.21. The number of anilines is 1. The Morgan fingerprint density at radius 1 is 1.19 bits per heavy atom. The summed E-state index contributed by atoms with van der Waals surface area (Å²) in [6.07, 6.45) is 1.30. The lowest BCUT2D eigenvalue weighted by Crippen LogP contribution is -2.20. The average Bonchev–Trinajstić information content (AvgIpc) is 2.87. The molecule has 3 N–H and O–H groups in total. The van der Waals surface area contributed by atoms with Crippen molar-refractivity contribution in [2.24, 2.45) is 0 Å². The first kappa shape index (κ1) is 19.5. The highest BCUT2D eigenvalue weighted by Gasteiger charge is 2.35. The molecule has 0 radical (unpaired) electrons. The third kappa shape index (κ3) is 3.50. The molecule has 0 aliphatic heterocycles. The molecule has 5 heteroatoms. The van der Waals surface area contributed by atoms with Gasteiger partial charge in [0.1, 0.15) is 6.73 Å². The summed E-state index contributed by atoms with van der Waals surface area (Å²) in [5.74, 6) is 0. The summed E-state index contributed by atoms with van der Waals surface area (Å²) in [5.41, 5.74) is 8.91. The highest BCUT2D eigenvalue weighted by molar-refractivity contribution is 7.78. The van der Waals surface area contributed by atoms with Gasteiger partial charge in [0.15, 0.2) is 0 Å². The number of fused-ring (bicyclic) bond motifs is 3. The van der Waals surface area contributed by atoms with Gasteiger partial charge >= 0.3 is 0 Å². The molecule has 1 aliphatic carbocycles. The van der Waals surface area contributed by atoms with E-state index >= 15 is 0 Å². The van der Waals surface area contributed by atoms with Crippen LogP contribution >= 0.6 is 12.2 Å². The number of aliphatic hydroxyl groups excluding tert-OH is 2. The molecule has 1 atom stereocenters. The molecule has 4 nitrogen and oxygen atoms in total. The molecule has 2 aromatic rings. The van der Waals surface area contributed by atoms with E-state index in [2.05, 4.69) is 49.5 Å². The van der Waals surface area contributed by atoms with E-state index in [9.17, 15) is 10.2 Å². The van der Waals surface area contributed by atoms with Crippen LogP contribution in [0, 0.1) is 0 Å². The van der Waals surface area contributed by atoms with Crippen LogP contribution < -0.4 is 10.2 Å². The Kier molecular flexibility index (Phi) is 5.38. The van der Waals surface area contributed by atoms with Gasteiger partial charge in [-0.2, -0.15) is 0 Å². The number of rotatable bonds is 6. The van der Waals surface area contributed by atoms with Crippen molar-refractivity contribution >= 4 is 29.5 Å². The first-order valence-electron chi connectivity index (χ1n) is 9.01. The van der Waals surface area contributed by atoms with Gasteiger partial charge in [-0.25, -0.2) is 0 Å². The smallest absolute Gasteiger partial charge is 0.115 e. The second-order valence-corrected chi connectivity index (χ2v) is 7.77. The van der Waals surface area contributed by atoms with E-state index < -0.39 is 6.10 Å². The van der Waals surface area contributed by atoms with Gasteiger partial charge in [-0.3, -0.25) is 0 Å². The standard InChI is InChI=1S/C22H26N2O2S/c1-14(26)21(23-12-27)10-15-5-7-17-18-8-6-16(24(4)13-25)11-20(18)22(2,3)19(17)9-15/h5-12,14,25-26H,13H2,1-4H3,(H,23,27)/b21-10-/t14-/m0/s1. The molecule has 0 fully saturated rings. The van der Waals surface area contributed by atoms with Gasteiger partial charge in [-0.15, -0.1) is 0 Å². The van der Waals surface area contributed by atoms with Gasteiger partial charge in [0.05, 0.1) is 11.6 Å². The van der Waals surface area contributed by atoms with Crippen molar-refractivity contribution in [3.63, 3.8) is 0 Å². The van der Waals surface area contributed by atoms with E-state index in [-0.39, 0.29) is 12.1 Å². The predicted octanol–water partition coefficient (Wildman–Crippen LogP) is 3.65. The summed E-state index contributed by atoms with van der Waals surface area (Å²) in [5, 5.41) is 22.3. The molecule has 0 heterocycles. The second kappa shape index (κ2) is 7.43. The molecule has 0 amide bonds. The summed E-state index contributed by atoms with van der Waals surface area (Å²) in [6.45, 7) is 6.14. The van der Waals surface area contributed by atoms with E-state index in [1.54, 1.807) is 6.92 Å². The van der Waals surface area contributed by atoms with E-state index in [1.807, 2.05) is 24.1 Å². The summed E-state index contributed by atoms with van der Waals surface area (Å²) in [4.78, 5) is 1.82. The van der Waals surface area contributed by atoms with Crippen LogP contribution in [0.1, 0.15) is 37.5 Å². The van der Waals surface area contributed by atoms with Crippen molar-refractivity contribution in [3.05, 3.63) is 58.8 Å². The highest BCUT2D eigenvalue weighted by atomic mass is 32.1. The number of thiocarbonyl (C=S) groups is 1. The first-order chi connectivity index (χ1) is 12.8. The van der Waals surface area contributed by atoms with Gasteiger partial charge in [-0.05, 0) is 52.9 Å². The molecule has 3 rings (SSSR count). The Morgan fingerprint density at radius 2 is 1.81 bits per heavy atom. The number of nitrogens with one attached hydrogen (secondary N) is 1. The zero-order chi connectivity index (χ0) is 19.8. The van der Waals surface area contributed by atoms with E-state index in [1.165, 1.54) is 27.7 Å². The number of benzene rings is 2. The Labute approximate surface area is 166 Å². The maximum absolute atomic E-state index is 9.93. The number of nitrogens with zero attached hydrogens (tertiary/aromatic N) is 1. The SMILES string of the molecule is C[C@H](O)/C(=C/c1ccc2c(c1)C(C)(C)c1cc(N(C)CO)ccc1-2)NC=S. The molecule has 0 aromatic heterocycles. The van der Waals surface area contributed by atoms with E-state index in [0.29, 0.717) is 5.70 Å². The normalized spacial score (nSPS) is 15.7. The van der Waals surface area contributed by atoms with Crippen LogP contribution in [0.5, 0.6) is 0 Å². The fourth-order valence-electron chi connectivity index (χ4n) is 3.68. The van der Waals surface area contributed by atoms with Crippen molar-refractivity contribution < 1.29 is 10.2 Å². The molecule has 142 valence electrons. The van der Waals surface area contributed by atoms with E-state index in [4.69, 9.17) is 12.2 Å². The lowest BCUT2D eigenvalue weighted by atomic mass is 9.81. The van der Waals surface area contributed by atoms with Crippen molar-refractivity contribution in [2.75, 3.05) is 18.7 Å². The van der Waals surface area contributed by atoms with Crippen LogP contribution in [-0.4, -0.2) is 35.6 Å². The number of hydrogen-bond donors (Lipinski definition) is 3. The summed E-state index contributed by atoms with van der Waals surface area (Å²) in [7, 11) is 1.88. The fraction of sp³-hybridized carbons (Fsp3) is 0.318. The topological polar surface area (TPSA) is 55.7 Å². The summed E-state index contributed by atoms with van der Waals surface area (Å²) >= 11 is 4.86. The van der Waals surface area contributed by atoms with Crippen molar-refractivity contribution in [1.29, 1.82) is 0 Å². The minimum absolute atomic E-state index is 0.0178. The maximum atomic E-state index is 9.93. The second-order valence-electron chi connectivity index (χ2n) is 7.54. The Bertz CT molecular complexity index is 903. The molecule has 2 aromatic carbocycles. The molecule has 27 heavy (non-hydrogen) atoms. The molecule has 0 bridgehead atoms. The predicted molar refractivity (Wildman–Crippen MR) is 116 cm³/mol. The van der Waals surface area contributed by atoms with Crippen LogP contribution in [0.15, 0.2) is 42.1 Å². The minimum atomic E-state index is -0.626. The maximum Gasteiger partial charge on any atom is 0.115 e.